The molecule has 2 saturated heterocycles. The summed E-state index contributed by atoms with van der Waals surface area (Å²) >= 11 is 0. The molecule has 0 spiro atoms. The van der Waals surface area contributed by atoms with Crippen molar-refractivity contribution in [3.05, 3.63) is 72.2 Å². The van der Waals surface area contributed by atoms with Crippen LogP contribution >= 0.6 is 0 Å². The second-order valence-electron chi connectivity index (χ2n) is 7.78. The maximum Gasteiger partial charge on any atom is 0.118 e. The van der Waals surface area contributed by atoms with Gasteiger partial charge in [-0.2, -0.15) is 0 Å². The maximum atomic E-state index is 5.34. The van der Waals surface area contributed by atoms with Crippen LogP contribution in [0.3, 0.4) is 0 Å². The molecule has 2 aliphatic heterocycles. The topological polar surface area (TPSA) is 63.1 Å². The number of ether oxygens (including phenoxy) is 1. The van der Waals surface area contributed by atoms with Gasteiger partial charge in [-0.25, -0.2) is 10.4 Å². The van der Waals surface area contributed by atoms with Crippen molar-refractivity contribution >= 4 is 0 Å². The number of hydrogen-bond donors (Lipinski definition) is 3. The number of imidazole rings is 1. The molecule has 3 heterocycles. The minimum Gasteiger partial charge on any atom is -0.497 e. The molecule has 0 radical (unpaired) electrons. The van der Waals surface area contributed by atoms with Gasteiger partial charge in [0, 0.05) is 30.6 Å². The summed E-state index contributed by atoms with van der Waals surface area (Å²) < 4.78 is 7.75. The first kappa shape index (κ1) is 18.4. The number of hydrazine groups is 1. The van der Waals surface area contributed by atoms with Crippen LogP contribution in [0.1, 0.15) is 35.7 Å². The van der Waals surface area contributed by atoms with Crippen LogP contribution in [0.4, 0.5) is 0 Å². The molecule has 2 fully saturated rings. The summed E-state index contributed by atoms with van der Waals surface area (Å²) in [6.45, 7) is 2.92. The van der Waals surface area contributed by atoms with Gasteiger partial charge in [0.1, 0.15) is 5.75 Å². The Labute approximate surface area is 171 Å². The van der Waals surface area contributed by atoms with Crippen LogP contribution in [0, 0.1) is 0 Å². The molecule has 3 unspecified atom stereocenters. The van der Waals surface area contributed by atoms with Gasteiger partial charge >= 0.3 is 0 Å². The molecule has 6 nitrogen and oxygen atoms in total. The minimum absolute atomic E-state index is 0.174. The predicted molar refractivity (Wildman–Crippen MR) is 114 cm³/mol. The van der Waals surface area contributed by atoms with E-state index < -0.39 is 0 Å². The average molecular weight is 390 g/mol. The highest BCUT2D eigenvalue weighted by Crippen LogP contribution is 2.40. The third kappa shape index (κ3) is 3.44. The molecule has 6 heteroatoms. The van der Waals surface area contributed by atoms with Crippen molar-refractivity contribution in [2.45, 2.75) is 24.4 Å². The molecule has 2 aromatic carbocycles. The molecule has 0 amide bonds. The van der Waals surface area contributed by atoms with E-state index in [1.807, 2.05) is 18.5 Å². The molecule has 5 rings (SSSR count). The Kier molecular flexibility index (Phi) is 5.06. The van der Waals surface area contributed by atoms with E-state index in [2.05, 4.69) is 63.2 Å². The number of nitrogens with one attached hydrogen (secondary N) is 3. The highest BCUT2D eigenvalue weighted by atomic mass is 16.5. The Morgan fingerprint density at radius 1 is 1.03 bits per heavy atom. The first-order valence-electron chi connectivity index (χ1n) is 10.3. The number of rotatable bonds is 5. The molecule has 0 bridgehead atoms. The van der Waals surface area contributed by atoms with Gasteiger partial charge in [-0.1, -0.05) is 42.5 Å². The summed E-state index contributed by atoms with van der Waals surface area (Å²) in [6, 6.07) is 19.5. The van der Waals surface area contributed by atoms with Gasteiger partial charge in [0.2, 0.25) is 0 Å². The smallest absolute Gasteiger partial charge is 0.118 e. The summed E-state index contributed by atoms with van der Waals surface area (Å²) in [5, 5.41) is 3.50. The fourth-order valence-electron chi connectivity index (χ4n) is 4.60. The van der Waals surface area contributed by atoms with Gasteiger partial charge < -0.3 is 14.6 Å². The van der Waals surface area contributed by atoms with Crippen LogP contribution in [0.2, 0.25) is 0 Å². The molecular formula is C23H27N5O. The van der Waals surface area contributed by atoms with Gasteiger partial charge in [-0.3, -0.25) is 5.43 Å². The first-order valence-corrected chi connectivity index (χ1v) is 10.3. The minimum atomic E-state index is 0.174. The molecule has 29 heavy (non-hydrogen) atoms. The molecule has 3 atom stereocenters. The van der Waals surface area contributed by atoms with Crippen molar-refractivity contribution in [1.29, 1.82) is 0 Å². The van der Waals surface area contributed by atoms with E-state index in [1.54, 1.807) is 7.11 Å². The third-order valence-corrected chi connectivity index (χ3v) is 6.11. The quantitative estimate of drug-likeness (QED) is 0.626. The van der Waals surface area contributed by atoms with Crippen LogP contribution in [0.5, 0.6) is 5.75 Å². The predicted octanol–water partition coefficient (Wildman–Crippen LogP) is 3.03. The van der Waals surface area contributed by atoms with Gasteiger partial charge in [0.25, 0.3) is 0 Å². The van der Waals surface area contributed by atoms with E-state index in [1.165, 1.54) is 16.8 Å². The molecular weight excluding hydrogens is 362 g/mol. The highest BCUT2D eigenvalue weighted by Gasteiger charge is 2.36. The Bertz CT molecular complexity index is 947. The van der Waals surface area contributed by atoms with E-state index in [4.69, 9.17) is 9.72 Å². The van der Waals surface area contributed by atoms with Crippen LogP contribution in [0.25, 0.3) is 11.3 Å². The second kappa shape index (κ2) is 7.99. The van der Waals surface area contributed by atoms with Crippen LogP contribution < -0.4 is 20.9 Å². The lowest BCUT2D eigenvalue weighted by Gasteiger charge is -2.24. The highest BCUT2D eigenvalue weighted by molar-refractivity contribution is 5.63. The summed E-state index contributed by atoms with van der Waals surface area (Å²) in [5.74, 6) is 1.16. The summed E-state index contributed by atoms with van der Waals surface area (Å²) in [4.78, 5) is 4.89. The van der Waals surface area contributed by atoms with Gasteiger partial charge in [-0.15, -0.1) is 0 Å². The maximum absolute atomic E-state index is 5.34. The van der Waals surface area contributed by atoms with E-state index in [-0.39, 0.29) is 12.0 Å². The zero-order valence-corrected chi connectivity index (χ0v) is 16.6. The van der Waals surface area contributed by atoms with Crippen molar-refractivity contribution in [3.63, 3.8) is 0 Å². The fourth-order valence-corrected chi connectivity index (χ4v) is 4.60. The largest absolute Gasteiger partial charge is 0.497 e. The monoisotopic (exact) mass is 389 g/mol. The molecule has 1 aromatic heterocycles. The molecule has 3 aromatic rings. The Morgan fingerprint density at radius 3 is 2.59 bits per heavy atom. The third-order valence-electron chi connectivity index (χ3n) is 6.11. The summed E-state index contributed by atoms with van der Waals surface area (Å²) in [6.07, 6.45) is 3.18. The second-order valence-corrected chi connectivity index (χ2v) is 7.78. The fraction of sp³-hybridized carbons (Fsp3) is 0.348. The standard InChI is InChI=1S/C23H27N5O/c1-29-19-9-7-17(8-10-19)21-20(14-26-27-21)23-22(16-5-3-2-4-6-16)25-15-28(23)18-11-12-24-13-18/h2-10,15,18,20-21,24,26-27H,11-14H2,1H3. The molecule has 0 aliphatic carbocycles. The number of nitrogens with zero attached hydrogens (tertiary/aromatic N) is 2. The van der Waals surface area contributed by atoms with Gasteiger partial charge in [0.15, 0.2) is 0 Å². The molecule has 0 saturated carbocycles. The van der Waals surface area contributed by atoms with Gasteiger partial charge in [0.05, 0.1) is 30.9 Å². The molecule has 3 N–H and O–H groups in total. The lowest BCUT2D eigenvalue weighted by molar-refractivity contribution is 0.414. The van der Waals surface area contributed by atoms with Crippen molar-refractivity contribution in [2.24, 2.45) is 0 Å². The normalized spacial score (nSPS) is 24.1. The van der Waals surface area contributed by atoms with Crippen LogP contribution in [0.15, 0.2) is 60.9 Å². The van der Waals surface area contributed by atoms with E-state index >= 15 is 0 Å². The molecule has 150 valence electrons. The van der Waals surface area contributed by atoms with Crippen molar-refractivity contribution in [3.8, 4) is 17.0 Å². The lowest BCUT2D eigenvalue weighted by atomic mass is 9.89. The SMILES string of the molecule is COc1ccc(C2NNCC2c2c(-c3ccccc3)ncn2C2CCNC2)cc1. The van der Waals surface area contributed by atoms with Crippen LogP contribution in [-0.2, 0) is 0 Å². The zero-order chi connectivity index (χ0) is 19.6. The summed E-state index contributed by atoms with van der Waals surface area (Å²) in [5.41, 5.74) is 11.7. The Morgan fingerprint density at radius 2 is 1.86 bits per heavy atom. The van der Waals surface area contributed by atoms with Crippen molar-refractivity contribution in [2.75, 3.05) is 26.7 Å². The van der Waals surface area contributed by atoms with Crippen molar-refractivity contribution < 1.29 is 4.74 Å². The number of aromatic nitrogens is 2. The van der Waals surface area contributed by atoms with Crippen molar-refractivity contribution in [1.82, 2.24) is 25.7 Å². The Hall–Kier alpha value is -2.67. The van der Waals surface area contributed by atoms with E-state index in [0.717, 1.165) is 37.5 Å². The number of benzene rings is 2. The first-order chi connectivity index (χ1) is 14.3. The number of methoxy groups -OCH3 is 1. The van der Waals surface area contributed by atoms with Crippen LogP contribution in [-0.4, -0.2) is 36.3 Å². The number of hydrogen-bond acceptors (Lipinski definition) is 5. The van der Waals surface area contributed by atoms with E-state index in [9.17, 15) is 0 Å². The Balaban J connectivity index is 1.58. The lowest BCUT2D eigenvalue weighted by Crippen LogP contribution is -2.25. The molecule has 2 aliphatic rings. The van der Waals surface area contributed by atoms with Gasteiger partial charge in [-0.05, 0) is 30.7 Å². The average Bonchev–Trinajstić information content (AvgIpc) is 3.54. The summed E-state index contributed by atoms with van der Waals surface area (Å²) in [7, 11) is 1.70. The van der Waals surface area contributed by atoms with E-state index in [0.29, 0.717) is 6.04 Å². The zero-order valence-electron chi connectivity index (χ0n) is 16.6.